The van der Waals surface area contributed by atoms with Crippen LogP contribution in [0.1, 0.15) is 23.6 Å². The highest BCUT2D eigenvalue weighted by Gasteiger charge is 2.19. The molecule has 2 radical (unpaired) electrons. The van der Waals surface area contributed by atoms with Crippen LogP contribution in [0, 0.1) is 0 Å². The van der Waals surface area contributed by atoms with E-state index < -0.39 is 6.09 Å². The standard InChI is InChI=1S/C27H28BNO6/c1-4-34-26(30)15-20-10-12-24(32-2)25(14-20)35-23-13-11-22(28)16-21(23)18-29(27(31)33-3)17-19-8-6-5-7-9-19/h5-14,16H,4,15,17-18H2,1-3H3. The van der Waals surface area contributed by atoms with Crippen molar-refractivity contribution in [1.82, 2.24) is 4.90 Å². The van der Waals surface area contributed by atoms with Crippen LogP contribution in [0.4, 0.5) is 4.79 Å². The molecular weight excluding hydrogens is 445 g/mol. The maximum atomic E-state index is 12.5. The summed E-state index contributed by atoms with van der Waals surface area (Å²) in [7, 11) is 8.94. The Balaban J connectivity index is 1.90. The average Bonchev–Trinajstić information content (AvgIpc) is 2.85. The fourth-order valence-electron chi connectivity index (χ4n) is 3.55. The highest BCUT2D eigenvalue weighted by atomic mass is 16.5. The third-order valence-corrected chi connectivity index (χ3v) is 5.20. The molecule has 0 bridgehead atoms. The normalized spacial score (nSPS) is 10.4. The van der Waals surface area contributed by atoms with Gasteiger partial charge in [-0.15, -0.1) is 0 Å². The number of hydrogen-bond acceptors (Lipinski definition) is 6. The Bertz CT molecular complexity index is 1150. The molecule has 0 atom stereocenters. The summed E-state index contributed by atoms with van der Waals surface area (Å²) in [6.07, 6.45) is -0.369. The van der Waals surface area contributed by atoms with Crippen LogP contribution in [0.3, 0.4) is 0 Å². The first-order chi connectivity index (χ1) is 16.9. The first-order valence-electron chi connectivity index (χ1n) is 11.2. The van der Waals surface area contributed by atoms with Crippen molar-refractivity contribution in [3.63, 3.8) is 0 Å². The molecule has 0 heterocycles. The molecule has 3 rings (SSSR count). The number of ether oxygens (including phenoxy) is 4. The van der Waals surface area contributed by atoms with Crippen molar-refractivity contribution in [3.05, 3.63) is 83.4 Å². The monoisotopic (exact) mass is 473 g/mol. The molecule has 7 nitrogen and oxygen atoms in total. The van der Waals surface area contributed by atoms with Gasteiger partial charge < -0.3 is 18.9 Å². The molecule has 0 N–H and O–H groups in total. The topological polar surface area (TPSA) is 74.3 Å². The van der Waals surface area contributed by atoms with Gasteiger partial charge in [0.25, 0.3) is 0 Å². The summed E-state index contributed by atoms with van der Waals surface area (Å²) in [4.78, 5) is 26.0. The van der Waals surface area contributed by atoms with E-state index in [-0.39, 0.29) is 18.9 Å². The van der Waals surface area contributed by atoms with Gasteiger partial charge in [0, 0.05) is 12.1 Å². The fraction of sp³-hybridized carbons (Fsp3) is 0.259. The molecule has 8 heteroatoms. The largest absolute Gasteiger partial charge is 0.493 e. The summed E-state index contributed by atoms with van der Waals surface area (Å²) in [6, 6.07) is 20.1. The van der Waals surface area contributed by atoms with Gasteiger partial charge in [0.1, 0.15) is 13.6 Å². The van der Waals surface area contributed by atoms with Crippen LogP contribution in [-0.4, -0.2) is 45.6 Å². The second kappa shape index (κ2) is 12.5. The molecule has 3 aromatic rings. The lowest BCUT2D eigenvalue weighted by atomic mass is 9.94. The van der Waals surface area contributed by atoms with Gasteiger partial charge in [-0.2, -0.15) is 0 Å². The Morgan fingerprint density at radius 3 is 2.29 bits per heavy atom. The van der Waals surface area contributed by atoms with E-state index in [9.17, 15) is 9.59 Å². The summed E-state index contributed by atoms with van der Waals surface area (Å²) in [5, 5.41) is 0. The number of nitrogens with zero attached hydrogens (tertiary/aromatic N) is 1. The van der Waals surface area contributed by atoms with Crippen molar-refractivity contribution in [2.45, 2.75) is 26.4 Å². The van der Waals surface area contributed by atoms with Gasteiger partial charge in [-0.1, -0.05) is 54.0 Å². The van der Waals surface area contributed by atoms with Gasteiger partial charge >= 0.3 is 12.1 Å². The molecule has 0 spiro atoms. The average molecular weight is 473 g/mol. The zero-order valence-corrected chi connectivity index (χ0v) is 20.2. The van der Waals surface area contributed by atoms with E-state index in [2.05, 4.69) is 0 Å². The Labute approximate surface area is 207 Å². The molecule has 0 fully saturated rings. The number of carbonyl (C=O) groups excluding carboxylic acids is 2. The van der Waals surface area contributed by atoms with Crippen molar-refractivity contribution in [3.8, 4) is 17.2 Å². The van der Waals surface area contributed by atoms with Gasteiger partial charge in [-0.05, 0) is 36.2 Å². The lowest BCUT2D eigenvalue weighted by molar-refractivity contribution is -0.142. The number of amides is 1. The molecule has 35 heavy (non-hydrogen) atoms. The molecular formula is C27H28BNO6. The lowest BCUT2D eigenvalue weighted by Crippen LogP contribution is -2.30. The molecule has 1 amide bonds. The lowest BCUT2D eigenvalue weighted by Gasteiger charge is -2.23. The summed E-state index contributed by atoms with van der Waals surface area (Å²) in [5.41, 5.74) is 2.89. The molecule has 0 saturated carbocycles. The zero-order valence-electron chi connectivity index (χ0n) is 20.2. The second-order valence-corrected chi connectivity index (χ2v) is 7.75. The van der Waals surface area contributed by atoms with Crippen LogP contribution in [0.25, 0.3) is 0 Å². The minimum atomic E-state index is -0.476. The number of benzene rings is 3. The number of esters is 1. The first kappa shape index (κ1) is 25.7. The van der Waals surface area contributed by atoms with Crippen LogP contribution >= 0.6 is 0 Å². The highest BCUT2D eigenvalue weighted by molar-refractivity contribution is 6.32. The minimum absolute atomic E-state index is 0.107. The molecule has 0 aliphatic carbocycles. The maximum absolute atomic E-state index is 12.5. The van der Waals surface area contributed by atoms with Gasteiger partial charge in [-0.3, -0.25) is 9.69 Å². The third-order valence-electron chi connectivity index (χ3n) is 5.20. The Morgan fingerprint density at radius 1 is 0.857 bits per heavy atom. The van der Waals surface area contributed by atoms with E-state index in [1.54, 1.807) is 48.2 Å². The van der Waals surface area contributed by atoms with Crippen LogP contribution < -0.4 is 14.9 Å². The number of hydrogen-bond donors (Lipinski definition) is 0. The molecule has 180 valence electrons. The fourth-order valence-corrected chi connectivity index (χ4v) is 3.55. The van der Waals surface area contributed by atoms with E-state index in [1.165, 1.54) is 14.2 Å². The van der Waals surface area contributed by atoms with E-state index in [1.807, 2.05) is 30.3 Å². The summed E-state index contributed by atoms with van der Waals surface area (Å²) in [5.74, 6) is 1.08. The van der Waals surface area contributed by atoms with Crippen molar-refractivity contribution < 1.29 is 28.5 Å². The quantitative estimate of drug-likeness (QED) is 0.325. The maximum Gasteiger partial charge on any atom is 0.410 e. The first-order valence-corrected chi connectivity index (χ1v) is 11.2. The summed E-state index contributed by atoms with van der Waals surface area (Å²) in [6.45, 7) is 2.62. The van der Waals surface area contributed by atoms with Crippen molar-refractivity contribution in [2.24, 2.45) is 0 Å². The predicted octanol–water partition coefficient (Wildman–Crippen LogP) is 4.16. The summed E-state index contributed by atoms with van der Waals surface area (Å²) >= 11 is 0. The second-order valence-electron chi connectivity index (χ2n) is 7.75. The van der Waals surface area contributed by atoms with Crippen molar-refractivity contribution in [2.75, 3.05) is 20.8 Å². The van der Waals surface area contributed by atoms with Crippen LogP contribution in [-0.2, 0) is 33.8 Å². The van der Waals surface area contributed by atoms with E-state index in [4.69, 9.17) is 26.8 Å². The number of rotatable bonds is 10. The van der Waals surface area contributed by atoms with Gasteiger partial charge in [0.15, 0.2) is 11.5 Å². The van der Waals surface area contributed by atoms with E-state index in [0.717, 1.165) is 11.1 Å². The van der Waals surface area contributed by atoms with Gasteiger partial charge in [-0.25, -0.2) is 4.79 Å². The number of methoxy groups -OCH3 is 2. The predicted molar refractivity (Wildman–Crippen MR) is 133 cm³/mol. The van der Waals surface area contributed by atoms with Crippen LogP contribution in [0.15, 0.2) is 66.7 Å². The third kappa shape index (κ3) is 7.27. The molecule has 0 aliphatic heterocycles. The minimum Gasteiger partial charge on any atom is -0.493 e. The van der Waals surface area contributed by atoms with Gasteiger partial charge in [0.2, 0.25) is 0 Å². The molecule has 0 unspecified atom stereocenters. The van der Waals surface area contributed by atoms with Crippen molar-refractivity contribution >= 4 is 25.4 Å². The SMILES string of the molecule is [B]c1ccc(Oc2cc(CC(=O)OCC)ccc2OC)c(CN(Cc2ccccc2)C(=O)OC)c1. The van der Waals surface area contributed by atoms with E-state index in [0.29, 0.717) is 41.4 Å². The molecule has 0 aliphatic rings. The highest BCUT2D eigenvalue weighted by Crippen LogP contribution is 2.34. The Hall–Kier alpha value is -3.94. The molecule has 0 saturated heterocycles. The smallest absolute Gasteiger partial charge is 0.410 e. The Morgan fingerprint density at radius 2 is 1.60 bits per heavy atom. The zero-order chi connectivity index (χ0) is 25.2. The molecule has 0 aromatic heterocycles. The number of carbonyl (C=O) groups is 2. The van der Waals surface area contributed by atoms with Crippen LogP contribution in [0.2, 0.25) is 0 Å². The van der Waals surface area contributed by atoms with Gasteiger partial charge in [0.05, 0.1) is 33.8 Å². The molecule has 3 aromatic carbocycles. The summed E-state index contributed by atoms with van der Waals surface area (Å²) < 4.78 is 21.7. The van der Waals surface area contributed by atoms with E-state index >= 15 is 0 Å². The van der Waals surface area contributed by atoms with Crippen LogP contribution in [0.5, 0.6) is 17.2 Å². The Kier molecular flexibility index (Phi) is 9.18. The van der Waals surface area contributed by atoms with Crippen molar-refractivity contribution in [1.29, 1.82) is 0 Å².